The zero-order chi connectivity index (χ0) is 8.69. The number of hydrogen-bond acceptors (Lipinski definition) is 0. The van der Waals surface area contributed by atoms with Crippen LogP contribution in [0.15, 0.2) is 24.3 Å². The molecule has 0 bridgehead atoms. The third kappa shape index (κ3) is 8.11. The molecule has 11 heavy (non-hydrogen) atoms. The largest absolute Gasteiger partial charge is 0.0961 e. The molecule has 0 aliphatic carbocycles. The van der Waals surface area contributed by atoms with Crippen molar-refractivity contribution in [1.29, 1.82) is 0 Å². The van der Waals surface area contributed by atoms with Crippen LogP contribution in [0.5, 0.6) is 0 Å². The van der Waals surface area contributed by atoms with E-state index in [0.717, 1.165) is 9.50 Å². The lowest BCUT2D eigenvalue weighted by molar-refractivity contribution is 0.772. The van der Waals surface area contributed by atoms with Gasteiger partial charge in [-0.3, -0.25) is 0 Å². The lowest BCUT2D eigenvalue weighted by Gasteiger charge is -2.01. The molecular formula is C10H17I. The molecule has 0 aromatic heterocycles. The summed E-state index contributed by atoms with van der Waals surface area (Å²) in [6.07, 6.45) is 8.07. The van der Waals surface area contributed by atoms with Crippen molar-refractivity contribution in [2.75, 3.05) is 0 Å². The van der Waals surface area contributed by atoms with E-state index in [1.165, 1.54) is 19.3 Å². The summed E-state index contributed by atoms with van der Waals surface area (Å²) in [7, 11) is 0. The summed E-state index contributed by atoms with van der Waals surface area (Å²) in [6, 6.07) is 0. The number of hydrogen-bond donors (Lipinski definition) is 0. The van der Waals surface area contributed by atoms with E-state index in [1.54, 1.807) is 0 Å². The van der Waals surface area contributed by atoms with Crippen molar-refractivity contribution in [3.63, 3.8) is 0 Å². The van der Waals surface area contributed by atoms with Crippen molar-refractivity contribution in [2.45, 2.75) is 37.0 Å². The van der Waals surface area contributed by atoms with Crippen molar-refractivity contribution in [3.05, 3.63) is 24.3 Å². The molecule has 0 amide bonds. The summed E-state index contributed by atoms with van der Waals surface area (Å²) in [6.45, 7) is 8.06. The maximum atomic E-state index is 3.80. The van der Waals surface area contributed by atoms with Crippen LogP contribution < -0.4 is 0 Å². The Hall–Kier alpha value is 0.210. The van der Waals surface area contributed by atoms with E-state index in [-0.39, 0.29) is 0 Å². The first-order valence-electron chi connectivity index (χ1n) is 4.13. The third-order valence-electron chi connectivity index (χ3n) is 1.49. The van der Waals surface area contributed by atoms with Gasteiger partial charge in [-0.1, -0.05) is 53.8 Å². The van der Waals surface area contributed by atoms with Crippen LogP contribution in [-0.4, -0.2) is 3.92 Å². The molecule has 1 unspecified atom stereocenters. The molecule has 0 nitrogen and oxygen atoms in total. The van der Waals surface area contributed by atoms with Gasteiger partial charge >= 0.3 is 0 Å². The lowest BCUT2D eigenvalue weighted by Crippen LogP contribution is -1.92. The summed E-state index contributed by atoms with van der Waals surface area (Å²) in [5, 5.41) is 0. The minimum absolute atomic E-state index is 0.836. The van der Waals surface area contributed by atoms with E-state index < -0.39 is 0 Å². The van der Waals surface area contributed by atoms with Gasteiger partial charge in [-0.2, -0.15) is 0 Å². The van der Waals surface area contributed by atoms with Gasteiger partial charge in [-0.25, -0.2) is 0 Å². The first-order valence-corrected chi connectivity index (χ1v) is 5.37. The molecule has 1 atom stereocenters. The molecular weight excluding hydrogens is 247 g/mol. The van der Waals surface area contributed by atoms with Gasteiger partial charge in [0.05, 0.1) is 0 Å². The van der Waals surface area contributed by atoms with Gasteiger partial charge in [-0.05, 0) is 26.2 Å². The second-order valence-electron chi connectivity index (χ2n) is 2.83. The van der Waals surface area contributed by atoms with E-state index in [1.807, 2.05) is 6.92 Å². The Kier molecular flexibility index (Phi) is 7.02. The molecule has 0 rings (SSSR count). The Labute approximate surface area is 83.9 Å². The molecule has 0 aliphatic rings. The third-order valence-corrected chi connectivity index (χ3v) is 3.00. The Balaban J connectivity index is 3.33. The number of rotatable bonds is 5. The highest BCUT2D eigenvalue weighted by atomic mass is 127. The first kappa shape index (κ1) is 11.2. The van der Waals surface area contributed by atoms with Crippen LogP contribution in [0.4, 0.5) is 0 Å². The van der Waals surface area contributed by atoms with Crippen LogP contribution in [0.25, 0.3) is 0 Å². The minimum Gasteiger partial charge on any atom is -0.0961 e. The molecule has 1 heteroatoms. The second-order valence-corrected chi connectivity index (χ2v) is 4.59. The van der Waals surface area contributed by atoms with Crippen LogP contribution in [0.2, 0.25) is 0 Å². The molecule has 0 saturated heterocycles. The Morgan fingerprint density at radius 3 is 2.73 bits per heavy atom. The van der Waals surface area contributed by atoms with Gasteiger partial charge in [0, 0.05) is 3.92 Å². The predicted octanol–water partition coefficient (Wildman–Crippen LogP) is 4.11. The van der Waals surface area contributed by atoms with Crippen LogP contribution >= 0.6 is 22.6 Å². The SMILES string of the molecule is C=C(C)/C=C/CCC(I)CC. The minimum atomic E-state index is 0.836. The van der Waals surface area contributed by atoms with Gasteiger partial charge in [0.1, 0.15) is 0 Å². The first-order chi connectivity index (χ1) is 5.16. The van der Waals surface area contributed by atoms with Crippen molar-refractivity contribution in [1.82, 2.24) is 0 Å². The summed E-state index contributed by atoms with van der Waals surface area (Å²) in [5.74, 6) is 0. The van der Waals surface area contributed by atoms with Gasteiger partial charge in [-0.15, -0.1) is 0 Å². The van der Waals surface area contributed by atoms with Crippen molar-refractivity contribution >= 4 is 22.6 Å². The van der Waals surface area contributed by atoms with Gasteiger partial charge in [0.15, 0.2) is 0 Å². The van der Waals surface area contributed by atoms with Crippen LogP contribution in [-0.2, 0) is 0 Å². The normalized spacial score (nSPS) is 13.7. The average Bonchev–Trinajstić information content (AvgIpc) is 1.97. The van der Waals surface area contributed by atoms with Crippen LogP contribution in [0.3, 0.4) is 0 Å². The molecule has 0 N–H and O–H groups in total. The quantitative estimate of drug-likeness (QED) is 0.398. The lowest BCUT2D eigenvalue weighted by atomic mass is 10.2. The fourth-order valence-corrected chi connectivity index (χ4v) is 1.13. The highest BCUT2D eigenvalue weighted by molar-refractivity contribution is 14.1. The maximum Gasteiger partial charge on any atom is 0.0110 e. The molecule has 0 radical (unpaired) electrons. The molecule has 0 aromatic carbocycles. The second kappa shape index (κ2) is 6.89. The van der Waals surface area contributed by atoms with E-state index in [2.05, 4.69) is 48.2 Å². The number of alkyl halides is 1. The van der Waals surface area contributed by atoms with Gasteiger partial charge in [0.25, 0.3) is 0 Å². The number of halogens is 1. The number of allylic oxidation sites excluding steroid dienone is 3. The summed E-state index contributed by atoms with van der Waals surface area (Å²) < 4.78 is 0.836. The highest BCUT2D eigenvalue weighted by Gasteiger charge is 1.96. The van der Waals surface area contributed by atoms with Crippen molar-refractivity contribution in [2.24, 2.45) is 0 Å². The van der Waals surface area contributed by atoms with Gasteiger partial charge in [0.2, 0.25) is 0 Å². The van der Waals surface area contributed by atoms with Gasteiger partial charge < -0.3 is 0 Å². The Bertz CT molecular complexity index is 136. The molecule has 64 valence electrons. The summed E-state index contributed by atoms with van der Waals surface area (Å²) in [4.78, 5) is 0. The monoisotopic (exact) mass is 264 g/mol. The fraction of sp³-hybridized carbons (Fsp3) is 0.600. The van der Waals surface area contributed by atoms with Crippen LogP contribution in [0, 0.1) is 0 Å². The highest BCUT2D eigenvalue weighted by Crippen LogP contribution is 2.12. The van der Waals surface area contributed by atoms with E-state index in [4.69, 9.17) is 0 Å². The molecule has 0 aromatic rings. The molecule has 0 aliphatic heterocycles. The summed E-state index contributed by atoms with van der Waals surface area (Å²) in [5.41, 5.74) is 1.14. The van der Waals surface area contributed by atoms with E-state index in [0.29, 0.717) is 0 Å². The zero-order valence-electron chi connectivity index (χ0n) is 7.44. The van der Waals surface area contributed by atoms with Crippen molar-refractivity contribution in [3.8, 4) is 0 Å². The molecule has 0 heterocycles. The molecule has 0 saturated carbocycles. The standard InChI is InChI=1S/C10H17I/c1-4-10(11)8-6-5-7-9(2)3/h5,7,10H,2,4,6,8H2,1,3H3/b7-5+. The Morgan fingerprint density at radius 2 is 2.27 bits per heavy atom. The average molecular weight is 264 g/mol. The fourth-order valence-electron chi connectivity index (χ4n) is 0.766. The van der Waals surface area contributed by atoms with Crippen molar-refractivity contribution < 1.29 is 0 Å². The topological polar surface area (TPSA) is 0 Å². The van der Waals surface area contributed by atoms with E-state index in [9.17, 15) is 0 Å². The molecule has 0 spiro atoms. The van der Waals surface area contributed by atoms with Crippen LogP contribution in [0.1, 0.15) is 33.1 Å². The Morgan fingerprint density at radius 1 is 1.64 bits per heavy atom. The molecule has 0 fully saturated rings. The smallest absolute Gasteiger partial charge is 0.0110 e. The predicted molar refractivity (Wildman–Crippen MR) is 61.3 cm³/mol. The maximum absolute atomic E-state index is 3.80. The summed E-state index contributed by atoms with van der Waals surface area (Å²) >= 11 is 2.51. The zero-order valence-corrected chi connectivity index (χ0v) is 9.60. The van der Waals surface area contributed by atoms with E-state index >= 15 is 0 Å².